The number of carbonyl (C=O) groups excluding carboxylic acids is 1. The van der Waals surface area contributed by atoms with Crippen LogP contribution in [-0.2, 0) is 17.5 Å². The van der Waals surface area contributed by atoms with Crippen LogP contribution in [0.3, 0.4) is 0 Å². The number of oxazole rings is 1. The summed E-state index contributed by atoms with van der Waals surface area (Å²) >= 11 is 0. The van der Waals surface area contributed by atoms with Crippen molar-refractivity contribution in [2.75, 3.05) is 0 Å². The number of hydrogen-bond donors (Lipinski definition) is 1. The first-order valence-corrected chi connectivity index (χ1v) is 8.42. The number of carbonyl (C=O) groups is 1. The highest BCUT2D eigenvalue weighted by atomic mass is 19.4. The molecule has 1 amide bonds. The van der Waals surface area contributed by atoms with Crippen molar-refractivity contribution in [2.24, 2.45) is 0 Å². The highest BCUT2D eigenvalue weighted by Gasteiger charge is 2.29. The first-order valence-electron chi connectivity index (χ1n) is 8.42. The van der Waals surface area contributed by atoms with Gasteiger partial charge in [-0.05, 0) is 23.8 Å². The predicted octanol–water partition coefficient (Wildman–Crippen LogP) is 5.13. The van der Waals surface area contributed by atoms with Gasteiger partial charge in [-0.1, -0.05) is 43.0 Å². The number of amides is 1. The van der Waals surface area contributed by atoms with Crippen molar-refractivity contribution in [3.63, 3.8) is 0 Å². The molecule has 0 aliphatic carbocycles. The summed E-state index contributed by atoms with van der Waals surface area (Å²) in [6.45, 7) is 5.39. The number of nitrogens with zero attached hydrogens (tertiary/aromatic N) is 1. The second kappa shape index (κ2) is 7.72. The molecule has 0 saturated carbocycles. The molecule has 0 fully saturated rings. The SMILES string of the molecule is C=CC(=O)NCc1ccc(C=Cc2ccc(C(F)(F)F)cc2)c2nc(C)oc12. The number of rotatable bonds is 5. The maximum absolute atomic E-state index is 12.7. The van der Waals surface area contributed by atoms with E-state index in [9.17, 15) is 18.0 Å². The Morgan fingerprint density at radius 3 is 2.54 bits per heavy atom. The van der Waals surface area contributed by atoms with Crippen LogP contribution in [0.25, 0.3) is 23.3 Å². The molecule has 144 valence electrons. The lowest BCUT2D eigenvalue weighted by Crippen LogP contribution is -2.20. The van der Waals surface area contributed by atoms with Gasteiger partial charge in [0.25, 0.3) is 0 Å². The number of benzene rings is 2. The quantitative estimate of drug-likeness (QED) is 0.489. The van der Waals surface area contributed by atoms with Gasteiger partial charge in [0.1, 0.15) is 5.52 Å². The molecule has 0 spiro atoms. The largest absolute Gasteiger partial charge is 0.441 e. The van der Waals surface area contributed by atoms with Gasteiger partial charge >= 0.3 is 6.18 Å². The van der Waals surface area contributed by atoms with Gasteiger partial charge in [0.2, 0.25) is 5.91 Å². The molecule has 3 aromatic rings. The van der Waals surface area contributed by atoms with E-state index in [0.29, 0.717) is 22.6 Å². The molecule has 28 heavy (non-hydrogen) atoms. The molecule has 0 aliphatic rings. The lowest BCUT2D eigenvalue weighted by molar-refractivity contribution is -0.137. The number of hydrogen-bond acceptors (Lipinski definition) is 3. The van der Waals surface area contributed by atoms with E-state index in [1.165, 1.54) is 18.2 Å². The third-order valence-electron chi connectivity index (χ3n) is 4.10. The van der Waals surface area contributed by atoms with Gasteiger partial charge in [-0.3, -0.25) is 4.79 Å². The zero-order valence-electron chi connectivity index (χ0n) is 15.0. The average Bonchev–Trinajstić information content (AvgIpc) is 3.06. The number of alkyl halides is 3. The summed E-state index contributed by atoms with van der Waals surface area (Å²) in [5.41, 5.74) is 2.62. The molecule has 2 aromatic carbocycles. The molecule has 0 unspecified atom stereocenters. The third-order valence-corrected chi connectivity index (χ3v) is 4.10. The standard InChI is InChI=1S/C21H17F3N2O2/c1-3-18(27)25-12-16-9-8-15(19-20(16)28-13(2)26-19)7-4-14-5-10-17(11-6-14)21(22,23)24/h3-11H,1,12H2,2H3,(H,25,27). The fourth-order valence-corrected chi connectivity index (χ4v) is 2.68. The second-order valence-corrected chi connectivity index (χ2v) is 6.10. The highest BCUT2D eigenvalue weighted by Crippen LogP contribution is 2.30. The molecule has 1 heterocycles. The van der Waals surface area contributed by atoms with Crippen molar-refractivity contribution >= 4 is 29.2 Å². The van der Waals surface area contributed by atoms with Gasteiger partial charge in [-0.25, -0.2) is 4.98 Å². The summed E-state index contributed by atoms with van der Waals surface area (Å²) in [5.74, 6) is 0.178. The molecule has 0 bridgehead atoms. The lowest BCUT2D eigenvalue weighted by atomic mass is 10.1. The van der Waals surface area contributed by atoms with Crippen molar-refractivity contribution in [2.45, 2.75) is 19.6 Å². The summed E-state index contributed by atoms with van der Waals surface area (Å²) in [6.07, 6.45) is 0.296. The minimum atomic E-state index is -4.36. The second-order valence-electron chi connectivity index (χ2n) is 6.10. The first-order chi connectivity index (χ1) is 13.3. The Morgan fingerprint density at radius 1 is 1.18 bits per heavy atom. The van der Waals surface area contributed by atoms with Crippen LogP contribution in [0.5, 0.6) is 0 Å². The Bertz CT molecular complexity index is 1050. The zero-order valence-corrected chi connectivity index (χ0v) is 15.0. The number of aromatic nitrogens is 1. The van der Waals surface area contributed by atoms with Crippen LogP contribution in [0.4, 0.5) is 13.2 Å². The van der Waals surface area contributed by atoms with Crippen LogP contribution in [-0.4, -0.2) is 10.9 Å². The highest BCUT2D eigenvalue weighted by molar-refractivity contribution is 5.90. The number of aryl methyl sites for hydroxylation is 1. The van der Waals surface area contributed by atoms with Gasteiger partial charge in [0.15, 0.2) is 11.5 Å². The van der Waals surface area contributed by atoms with Gasteiger partial charge in [-0.2, -0.15) is 13.2 Å². The number of fused-ring (bicyclic) bond motifs is 1. The van der Waals surface area contributed by atoms with E-state index >= 15 is 0 Å². The smallest absolute Gasteiger partial charge is 0.416 e. The van der Waals surface area contributed by atoms with E-state index in [0.717, 1.165) is 23.3 Å². The fourth-order valence-electron chi connectivity index (χ4n) is 2.68. The summed E-state index contributed by atoms with van der Waals surface area (Å²) < 4.78 is 43.6. The Balaban J connectivity index is 1.88. The van der Waals surface area contributed by atoms with Crippen LogP contribution in [0.1, 0.15) is 28.1 Å². The molecule has 4 nitrogen and oxygen atoms in total. The molecular weight excluding hydrogens is 369 g/mol. The van der Waals surface area contributed by atoms with Gasteiger partial charge in [0.05, 0.1) is 5.56 Å². The van der Waals surface area contributed by atoms with Crippen molar-refractivity contribution in [3.8, 4) is 0 Å². The van der Waals surface area contributed by atoms with Crippen molar-refractivity contribution in [1.82, 2.24) is 10.3 Å². The zero-order chi connectivity index (χ0) is 20.3. The van der Waals surface area contributed by atoms with Crippen LogP contribution >= 0.6 is 0 Å². The molecule has 1 aromatic heterocycles. The maximum Gasteiger partial charge on any atom is 0.416 e. The number of nitrogens with one attached hydrogen (secondary N) is 1. The summed E-state index contributed by atoms with van der Waals surface area (Å²) in [6, 6.07) is 8.53. The minimum absolute atomic E-state index is 0.263. The lowest BCUT2D eigenvalue weighted by Gasteiger charge is -2.06. The first kappa shape index (κ1) is 19.4. The molecule has 3 rings (SSSR count). The molecular formula is C21H17F3N2O2. The molecule has 0 aliphatic heterocycles. The van der Waals surface area contributed by atoms with Crippen molar-refractivity contribution < 1.29 is 22.4 Å². The van der Waals surface area contributed by atoms with E-state index in [1.807, 2.05) is 12.1 Å². The van der Waals surface area contributed by atoms with Gasteiger partial charge in [-0.15, -0.1) is 0 Å². The van der Waals surface area contributed by atoms with E-state index in [2.05, 4.69) is 16.9 Å². The Kier molecular flexibility index (Phi) is 5.35. The molecule has 7 heteroatoms. The summed E-state index contributed by atoms with van der Waals surface area (Å²) in [7, 11) is 0. The average molecular weight is 386 g/mol. The Hall–Kier alpha value is -3.35. The van der Waals surface area contributed by atoms with Crippen LogP contribution < -0.4 is 5.32 Å². The Morgan fingerprint density at radius 2 is 1.89 bits per heavy atom. The minimum Gasteiger partial charge on any atom is -0.441 e. The maximum atomic E-state index is 12.7. The third kappa shape index (κ3) is 4.31. The normalized spacial score (nSPS) is 11.9. The van der Waals surface area contributed by atoms with Gasteiger partial charge in [0, 0.05) is 24.6 Å². The van der Waals surface area contributed by atoms with Crippen LogP contribution in [0.2, 0.25) is 0 Å². The Labute approximate surface area is 159 Å². The van der Waals surface area contributed by atoms with Gasteiger partial charge < -0.3 is 9.73 Å². The monoisotopic (exact) mass is 386 g/mol. The van der Waals surface area contributed by atoms with E-state index in [4.69, 9.17) is 4.42 Å². The van der Waals surface area contributed by atoms with E-state index < -0.39 is 11.7 Å². The predicted molar refractivity (Wildman–Crippen MR) is 101 cm³/mol. The number of halogens is 3. The van der Waals surface area contributed by atoms with Crippen LogP contribution in [0, 0.1) is 6.92 Å². The van der Waals surface area contributed by atoms with E-state index in [-0.39, 0.29) is 12.5 Å². The molecule has 0 saturated heterocycles. The van der Waals surface area contributed by atoms with Crippen molar-refractivity contribution in [1.29, 1.82) is 0 Å². The van der Waals surface area contributed by atoms with Crippen LogP contribution in [0.15, 0.2) is 53.5 Å². The molecule has 0 atom stereocenters. The van der Waals surface area contributed by atoms with E-state index in [1.54, 1.807) is 19.1 Å². The summed E-state index contributed by atoms with van der Waals surface area (Å²) in [4.78, 5) is 15.8. The molecule has 1 N–H and O–H groups in total. The molecule has 0 radical (unpaired) electrons. The fraction of sp³-hybridized carbons (Fsp3) is 0.143. The van der Waals surface area contributed by atoms with Crippen molar-refractivity contribution in [3.05, 3.63) is 77.2 Å². The topological polar surface area (TPSA) is 55.1 Å². The summed E-state index contributed by atoms with van der Waals surface area (Å²) in [5, 5.41) is 2.69.